The normalized spacial score (nSPS) is 20.4. The summed E-state index contributed by atoms with van der Waals surface area (Å²) in [6.07, 6.45) is -11.4. The Balaban J connectivity index is 1.46. The molecule has 6 nitrogen and oxygen atoms in total. The van der Waals surface area contributed by atoms with Gasteiger partial charge in [-0.25, -0.2) is 4.79 Å². The maximum Gasteiger partial charge on any atom is 0.416 e. The molecule has 4 aromatic rings. The molecule has 3 atom stereocenters. The van der Waals surface area contributed by atoms with Crippen molar-refractivity contribution in [1.82, 2.24) is 4.90 Å². The first-order valence-corrected chi connectivity index (χ1v) is 16.0. The lowest BCUT2D eigenvalue weighted by Crippen LogP contribution is -2.66. The molecule has 0 spiro atoms. The Bertz CT molecular complexity index is 1670. The van der Waals surface area contributed by atoms with Crippen LogP contribution in [0.5, 0.6) is 0 Å². The fraction of sp³-hybridized carbons (Fsp3) is 0.342. The van der Waals surface area contributed by atoms with Crippen LogP contribution in [0.3, 0.4) is 0 Å². The fourth-order valence-electron chi connectivity index (χ4n) is 6.09. The summed E-state index contributed by atoms with van der Waals surface area (Å²) in [5.74, 6) is 0. The van der Waals surface area contributed by atoms with Crippen LogP contribution in [0.25, 0.3) is 0 Å². The van der Waals surface area contributed by atoms with Crippen molar-refractivity contribution in [3.8, 4) is 0 Å². The lowest BCUT2D eigenvalue weighted by Gasteiger charge is -2.52. The second kappa shape index (κ2) is 15.2. The van der Waals surface area contributed by atoms with E-state index in [4.69, 9.17) is 19.9 Å². The van der Waals surface area contributed by atoms with Crippen molar-refractivity contribution in [3.05, 3.63) is 143 Å². The van der Waals surface area contributed by atoms with E-state index in [0.717, 1.165) is 11.1 Å². The molecule has 0 aromatic heterocycles. The van der Waals surface area contributed by atoms with Gasteiger partial charge in [0.2, 0.25) is 0 Å². The molecule has 5 rings (SSSR count). The zero-order valence-electron chi connectivity index (χ0n) is 27.3. The molecule has 0 bridgehead atoms. The van der Waals surface area contributed by atoms with Crippen molar-refractivity contribution in [2.75, 3.05) is 19.8 Å². The minimum Gasteiger partial charge on any atom is -0.445 e. The number of hydrogen-bond donors (Lipinski definition) is 1. The van der Waals surface area contributed by atoms with Gasteiger partial charge in [0, 0.05) is 6.54 Å². The number of rotatable bonds is 11. The van der Waals surface area contributed by atoms with Gasteiger partial charge in [0.1, 0.15) is 6.61 Å². The summed E-state index contributed by atoms with van der Waals surface area (Å²) < 4.78 is 99.9. The van der Waals surface area contributed by atoms with Crippen LogP contribution >= 0.6 is 0 Å². The number of benzene rings is 4. The minimum absolute atomic E-state index is 0.0379. The summed E-state index contributed by atoms with van der Waals surface area (Å²) >= 11 is 0. The van der Waals surface area contributed by atoms with E-state index in [1.54, 1.807) is 54.6 Å². The lowest BCUT2D eigenvalue weighted by atomic mass is 9.75. The quantitative estimate of drug-likeness (QED) is 0.158. The van der Waals surface area contributed by atoms with Crippen LogP contribution in [0.1, 0.15) is 59.3 Å². The number of nitrogens with two attached hydrogens (primary N) is 1. The Hall–Kier alpha value is -4.39. The summed E-state index contributed by atoms with van der Waals surface area (Å²) in [7, 11) is 0. The van der Waals surface area contributed by atoms with Gasteiger partial charge in [0.15, 0.2) is 0 Å². The van der Waals surface area contributed by atoms with Gasteiger partial charge in [-0.1, -0.05) is 91.0 Å². The number of halogens is 6. The van der Waals surface area contributed by atoms with E-state index in [9.17, 15) is 31.1 Å². The maximum absolute atomic E-state index is 14.1. The van der Waals surface area contributed by atoms with Gasteiger partial charge in [0.05, 0.1) is 48.1 Å². The highest BCUT2D eigenvalue weighted by molar-refractivity contribution is 5.70. The monoisotopic (exact) mass is 700 g/mol. The van der Waals surface area contributed by atoms with E-state index < -0.39 is 46.8 Å². The molecule has 4 aromatic carbocycles. The number of amides is 1. The molecule has 2 N–H and O–H groups in total. The number of likely N-dealkylation sites (tertiary alicyclic amines) is 1. The van der Waals surface area contributed by atoms with E-state index >= 15 is 0 Å². The van der Waals surface area contributed by atoms with Crippen molar-refractivity contribution < 1.29 is 45.3 Å². The van der Waals surface area contributed by atoms with Crippen LogP contribution < -0.4 is 5.73 Å². The van der Waals surface area contributed by atoms with E-state index in [1.807, 2.05) is 36.4 Å². The van der Waals surface area contributed by atoms with Crippen molar-refractivity contribution in [3.63, 3.8) is 0 Å². The number of nitrogens with zero attached hydrogens (tertiary/aromatic N) is 1. The highest BCUT2D eigenvalue weighted by Crippen LogP contribution is 2.43. The highest BCUT2D eigenvalue weighted by Gasteiger charge is 2.51. The van der Waals surface area contributed by atoms with Crippen LogP contribution in [0.2, 0.25) is 0 Å². The summed E-state index contributed by atoms with van der Waals surface area (Å²) in [6.45, 7) is 1.39. The predicted octanol–water partition coefficient (Wildman–Crippen LogP) is 9.04. The molecule has 0 unspecified atom stereocenters. The number of ether oxygens (including phenoxy) is 3. The molecule has 0 aliphatic carbocycles. The van der Waals surface area contributed by atoms with Gasteiger partial charge < -0.3 is 19.9 Å². The van der Waals surface area contributed by atoms with Crippen molar-refractivity contribution in [2.45, 2.75) is 62.5 Å². The van der Waals surface area contributed by atoms with Crippen LogP contribution in [0.4, 0.5) is 31.1 Å². The fourth-order valence-corrected chi connectivity index (χ4v) is 6.09. The third kappa shape index (κ3) is 9.04. The number of hydrogen-bond acceptors (Lipinski definition) is 5. The van der Waals surface area contributed by atoms with Crippen LogP contribution in [-0.2, 0) is 45.3 Å². The minimum atomic E-state index is -5.02. The van der Waals surface area contributed by atoms with E-state index in [1.165, 1.54) is 11.8 Å². The van der Waals surface area contributed by atoms with E-state index in [2.05, 4.69) is 0 Å². The first kappa shape index (κ1) is 36.9. The molecule has 0 saturated carbocycles. The summed E-state index contributed by atoms with van der Waals surface area (Å²) in [5, 5.41) is 0. The first-order valence-electron chi connectivity index (χ1n) is 16.0. The predicted molar refractivity (Wildman–Crippen MR) is 175 cm³/mol. The number of carbonyl (C=O) groups excluding carboxylic acids is 1. The molecule has 1 fully saturated rings. The average molecular weight is 701 g/mol. The van der Waals surface area contributed by atoms with Gasteiger partial charge in [-0.05, 0) is 60.2 Å². The molecule has 50 heavy (non-hydrogen) atoms. The molecule has 1 amide bonds. The molecule has 1 aliphatic rings. The largest absolute Gasteiger partial charge is 0.445 e. The number of carbonyl (C=O) groups is 1. The van der Waals surface area contributed by atoms with Crippen LogP contribution in [0.15, 0.2) is 109 Å². The van der Waals surface area contributed by atoms with Crippen LogP contribution in [-0.4, -0.2) is 36.3 Å². The smallest absolute Gasteiger partial charge is 0.416 e. The van der Waals surface area contributed by atoms with Gasteiger partial charge in [-0.15, -0.1) is 0 Å². The molecule has 266 valence electrons. The van der Waals surface area contributed by atoms with E-state index in [-0.39, 0.29) is 44.4 Å². The van der Waals surface area contributed by atoms with Gasteiger partial charge in [-0.2, -0.15) is 26.3 Å². The third-order valence-corrected chi connectivity index (χ3v) is 8.92. The summed E-state index contributed by atoms with van der Waals surface area (Å²) in [5.41, 5.74) is 3.74. The SMILES string of the molecule is C[C@@H](OC[C@]1(c2ccccc2)CC[C@](N)(COCc2ccccc2)CN1C(=O)OCc1ccccc1)c1cc(C(F)(F)F)cc(C(F)(F)F)c1. The zero-order chi connectivity index (χ0) is 36.0. The molecular formula is C38H38F6N2O4. The second-order valence-corrected chi connectivity index (χ2v) is 12.7. The van der Waals surface area contributed by atoms with Crippen molar-refractivity contribution in [2.24, 2.45) is 5.73 Å². The lowest BCUT2D eigenvalue weighted by molar-refractivity contribution is -0.143. The molecule has 1 aliphatic heterocycles. The third-order valence-electron chi connectivity index (χ3n) is 8.92. The van der Waals surface area contributed by atoms with Gasteiger partial charge >= 0.3 is 18.4 Å². The second-order valence-electron chi connectivity index (χ2n) is 12.7. The first-order chi connectivity index (χ1) is 23.7. The Morgan fingerprint density at radius 1 is 0.760 bits per heavy atom. The summed E-state index contributed by atoms with van der Waals surface area (Å²) in [6, 6.07) is 28.8. The topological polar surface area (TPSA) is 74.0 Å². The Labute approximate surface area is 286 Å². The summed E-state index contributed by atoms with van der Waals surface area (Å²) in [4.78, 5) is 15.5. The number of piperidine rings is 1. The van der Waals surface area contributed by atoms with Crippen LogP contribution in [0, 0.1) is 0 Å². The molecule has 1 heterocycles. The molecule has 12 heteroatoms. The van der Waals surface area contributed by atoms with E-state index in [0.29, 0.717) is 30.7 Å². The van der Waals surface area contributed by atoms with Gasteiger partial charge in [0.25, 0.3) is 0 Å². The van der Waals surface area contributed by atoms with Crippen molar-refractivity contribution >= 4 is 6.09 Å². The highest BCUT2D eigenvalue weighted by atomic mass is 19.4. The van der Waals surface area contributed by atoms with Gasteiger partial charge in [-0.3, -0.25) is 4.90 Å². The Morgan fingerprint density at radius 2 is 1.28 bits per heavy atom. The molecule has 1 saturated heterocycles. The average Bonchev–Trinajstić information content (AvgIpc) is 3.10. The van der Waals surface area contributed by atoms with Crippen molar-refractivity contribution in [1.29, 1.82) is 0 Å². The maximum atomic E-state index is 14.1. The number of alkyl halides is 6. The zero-order valence-corrected chi connectivity index (χ0v) is 27.3. The molecule has 0 radical (unpaired) electrons. The molecular weight excluding hydrogens is 662 g/mol. The Morgan fingerprint density at radius 3 is 1.82 bits per heavy atom. The standard InChI is InChI=1S/C38H38F6N2O4/c1-27(30-19-32(37(39,40)41)21-33(20-30)38(42,43)44)50-26-36(31-15-9-4-10-16-31)18-17-35(45,25-48-22-28-11-5-2-6-12-28)24-46(36)34(47)49-23-29-13-7-3-8-14-29/h2-16,19-21,27H,17-18,22-26,45H2,1H3/t27-,35-,36+/m1/s1. The Kier molecular flexibility index (Phi) is 11.2.